The highest BCUT2D eigenvalue weighted by molar-refractivity contribution is 6.33. The third kappa shape index (κ3) is 4.78. The van der Waals surface area contributed by atoms with Gasteiger partial charge in [0.2, 0.25) is 0 Å². The second kappa shape index (κ2) is 9.07. The average molecular weight is 386 g/mol. The van der Waals surface area contributed by atoms with Gasteiger partial charge in [0.05, 0.1) is 49.2 Å². The van der Waals surface area contributed by atoms with E-state index in [-0.39, 0.29) is 35.6 Å². The van der Waals surface area contributed by atoms with Crippen LogP contribution in [0, 0.1) is 0 Å². The van der Waals surface area contributed by atoms with Gasteiger partial charge in [0.25, 0.3) is 5.91 Å². The molecule has 1 aliphatic heterocycles. The quantitative estimate of drug-likeness (QED) is 0.554. The van der Waals surface area contributed by atoms with E-state index in [9.17, 15) is 9.59 Å². The van der Waals surface area contributed by atoms with E-state index in [2.05, 4.69) is 10.1 Å². The monoisotopic (exact) mass is 385 g/mol. The first kappa shape index (κ1) is 20.3. The van der Waals surface area contributed by atoms with Crippen LogP contribution in [0.4, 0.5) is 5.69 Å². The zero-order valence-corrected chi connectivity index (χ0v) is 15.8. The van der Waals surface area contributed by atoms with Crippen LogP contribution in [0.3, 0.4) is 0 Å². The number of methoxy groups -OCH3 is 3. The summed E-state index contributed by atoms with van der Waals surface area (Å²) in [5, 5.41) is 3.24. The highest BCUT2D eigenvalue weighted by atomic mass is 35.5. The van der Waals surface area contributed by atoms with E-state index in [1.165, 1.54) is 26.4 Å². The van der Waals surface area contributed by atoms with Crippen LogP contribution in [0.15, 0.2) is 12.1 Å². The van der Waals surface area contributed by atoms with E-state index in [1.54, 1.807) is 7.11 Å². The molecule has 26 heavy (non-hydrogen) atoms. The van der Waals surface area contributed by atoms with Crippen molar-refractivity contribution in [1.82, 2.24) is 10.2 Å². The van der Waals surface area contributed by atoms with Crippen LogP contribution in [0.5, 0.6) is 5.75 Å². The zero-order valence-electron chi connectivity index (χ0n) is 15.1. The molecule has 0 bridgehead atoms. The summed E-state index contributed by atoms with van der Waals surface area (Å²) in [5.41, 5.74) is 6.40. The van der Waals surface area contributed by atoms with Crippen LogP contribution < -0.4 is 15.8 Å². The summed E-state index contributed by atoms with van der Waals surface area (Å²) in [6.45, 7) is 1.34. The Balaban J connectivity index is 2.07. The van der Waals surface area contributed by atoms with Crippen LogP contribution >= 0.6 is 11.6 Å². The molecule has 0 aromatic heterocycles. The Morgan fingerprint density at radius 2 is 2.08 bits per heavy atom. The van der Waals surface area contributed by atoms with E-state index in [0.717, 1.165) is 0 Å². The third-order valence-corrected chi connectivity index (χ3v) is 4.73. The van der Waals surface area contributed by atoms with Crippen molar-refractivity contribution in [1.29, 1.82) is 0 Å². The van der Waals surface area contributed by atoms with Gasteiger partial charge < -0.3 is 25.3 Å². The topological polar surface area (TPSA) is 103 Å². The van der Waals surface area contributed by atoms with E-state index in [4.69, 9.17) is 26.8 Å². The number of nitrogen functional groups attached to an aromatic ring is 1. The average Bonchev–Trinajstić information content (AvgIpc) is 2.64. The molecule has 1 aromatic rings. The summed E-state index contributed by atoms with van der Waals surface area (Å²) in [6, 6.07) is 2.80. The molecule has 2 unspecified atom stereocenters. The van der Waals surface area contributed by atoms with Crippen LogP contribution in [-0.2, 0) is 14.3 Å². The zero-order chi connectivity index (χ0) is 19.3. The molecular formula is C17H24ClN3O5. The van der Waals surface area contributed by atoms with Gasteiger partial charge in [-0.2, -0.15) is 0 Å². The van der Waals surface area contributed by atoms with Gasteiger partial charge in [-0.25, -0.2) is 0 Å². The highest BCUT2D eigenvalue weighted by Crippen LogP contribution is 2.29. The maximum atomic E-state index is 12.7. The summed E-state index contributed by atoms with van der Waals surface area (Å²) in [6.07, 6.45) is 0.374. The normalized spacial score (nSPS) is 20.5. The number of anilines is 1. The maximum Gasteiger partial charge on any atom is 0.319 e. The molecule has 0 radical (unpaired) electrons. The van der Waals surface area contributed by atoms with Crippen LogP contribution in [0.25, 0.3) is 0 Å². The molecule has 1 amide bonds. The fraction of sp³-hybridized carbons (Fsp3) is 0.529. The number of ether oxygens (including phenoxy) is 3. The van der Waals surface area contributed by atoms with Crippen LogP contribution in [0.2, 0.25) is 5.02 Å². The van der Waals surface area contributed by atoms with Crippen molar-refractivity contribution in [2.75, 3.05) is 46.7 Å². The Labute approximate surface area is 157 Å². The number of amides is 1. The summed E-state index contributed by atoms with van der Waals surface area (Å²) in [7, 11) is 4.39. The Morgan fingerprint density at radius 1 is 1.35 bits per heavy atom. The molecule has 144 valence electrons. The van der Waals surface area contributed by atoms with Crippen molar-refractivity contribution in [3.05, 3.63) is 22.7 Å². The van der Waals surface area contributed by atoms with E-state index in [1.807, 2.05) is 4.90 Å². The van der Waals surface area contributed by atoms with Gasteiger partial charge in [-0.05, 0) is 12.5 Å². The third-order valence-electron chi connectivity index (χ3n) is 4.41. The Hall–Kier alpha value is -2.03. The number of hydrogen-bond acceptors (Lipinski definition) is 7. The SMILES string of the molecule is COC(=O)CN1CCC(NC(=O)c2cc(Cl)c(N)cc2OC)C(OC)C1. The number of nitrogens with one attached hydrogen (secondary N) is 1. The summed E-state index contributed by atoms with van der Waals surface area (Å²) >= 11 is 6.03. The second-order valence-electron chi connectivity index (χ2n) is 6.03. The summed E-state index contributed by atoms with van der Waals surface area (Å²) in [4.78, 5) is 26.1. The molecule has 3 N–H and O–H groups in total. The first-order chi connectivity index (χ1) is 12.4. The number of nitrogens with two attached hydrogens (primary N) is 1. The van der Waals surface area contributed by atoms with Crippen molar-refractivity contribution in [3.63, 3.8) is 0 Å². The van der Waals surface area contributed by atoms with Crippen LogP contribution in [0.1, 0.15) is 16.8 Å². The molecule has 1 heterocycles. The number of benzene rings is 1. The Kier molecular flexibility index (Phi) is 7.07. The van der Waals surface area contributed by atoms with E-state index in [0.29, 0.717) is 36.5 Å². The smallest absolute Gasteiger partial charge is 0.319 e. The first-order valence-corrected chi connectivity index (χ1v) is 8.53. The van der Waals surface area contributed by atoms with Gasteiger partial charge >= 0.3 is 5.97 Å². The molecule has 2 rings (SSSR count). The molecule has 8 nitrogen and oxygen atoms in total. The minimum atomic E-state index is -0.322. The minimum absolute atomic E-state index is 0.193. The van der Waals surface area contributed by atoms with E-state index >= 15 is 0 Å². The lowest BCUT2D eigenvalue weighted by atomic mass is 10.0. The Morgan fingerprint density at radius 3 is 2.69 bits per heavy atom. The van der Waals surface area contributed by atoms with Crippen molar-refractivity contribution < 1.29 is 23.8 Å². The predicted octanol–water partition coefficient (Wildman–Crippen LogP) is 0.923. The van der Waals surface area contributed by atoms with Gasteiger partial charge in [-0.1, -0.05) is 11.6 Å². The van der Waals surface area contributed by atoms with Crippen molar-refractivity contribution in [3.8, 4) is 5.75 Å². The highest BCUT2D eigenvalue weighted by Gasteiger charge is 2.32. The predicted molar refractivity (Wildman–Crippen MR) is 97.5 cm³/mol. The minimum Gasteiger partial charge on any atom is -0.496 e. The molecule has 2 atom stereocenters. The molecule has 1 aromatic carbocycles. The first-order valence-electron chi connectivity index (χ1n) is 8.15. The number of carbonyl (C=O) groups excluding carboxylic acids is 2. The van der Waals surface area contributed by atoms with Crippen molar-refractivity contribution in [2.45, 2.75) is 18.6 Å². The molecule has 1 saturated heterocycles. The van der Waals surface area contributed by atoms with E-state index < -0.39 is 0 Å². The number of rotatable bonds is 6. The summed E-state index contributed by atoms with van der Waals surface area (Å²) in [5.74, 6) is -0.276. The number of esters is 1. The second-order valence-corrected chi connectivity index (χ2v) is 6.44. The van der Waals surface area contributed by atoms with Gasteiger partial charge in [-0.3, -0.25) is 14.5 Å². The molecule has 1 aliphatic rings. The van der Waals surface area contributed by atoms with Gasteiger partial charge in [0.1, 0.15) is 5.75 Å². The number of piperidine rings is 1. The molecule has 9 heteroatoms. The van der Waals surface area contributed by atoms with Gasteiger partial charge in [0.15, 0.2) is 0 Å². The van der Waals surface area contributed by atoms with Gasteiger partial charge in [-0.15, -0.1) is 0 Å². The number of carbonyl (C=O) groups is 2. The lowest BCUT2D eigenvalue weighted by Crippen LogP contribution is -2.55. The number of halogens is 1. The Bertz CT molecular complexity index is 670. The van der Waals surface area contributed by atoms with Crippen LogP contribution in [-0.4, -0.2) is 69.9 Å². The van der Waals surface area contributed by atoms with Crippen molar-refractivity contribution >= 4 is 29.2 Å². The maximum absolute atomic E-state index is 12.7. The standard InChI is InChI=1S/C17H24ClN3O5/c1-24-14-7-12(19)11(18)6-10(14)17(23)20-13-4-5-21(8-15(13)25-2)9-16(22)26-3/h6-7,13,15H,4-5,8-9,19H2,1-3H3,(H,20,23). The van der Waals surface area contributed by atoms with Gasteiger partial charge in [0, 0.05) is 26.3 Å². The lowest BCUT2D eigenvalue weighted by molar-refractivity contribution is -0.143. The molecule has 1 fully saturated rings. The lowest BCUT2D eigenvalue weighted by Gasteiger charge is -2.37. The number of nitrogens with zero attached hydrogens (tertiary/aromatic N) is 1. The molecule has 0 spiro atoms. The number of likely N-dealkylation sites (tertiary alicyclic amines) is 1. The molecule has 0 saturated carbocycles. The summed E-state index contributed by atoms with van der Waals surface area (Å²) < 4.78 is 15.4. The molecular weight excluding hydrogens is 362 g/mol. The molecule has 0 aliphatic carbocycles. The fourth-order valence-electron chi connectivity index (χ4n) is 2.94. The van der Waals surface area contributed by atoms with Crippen molar-refractivity contribution in [2.24, 2.45) is 0 Å². The fourth-order valence-corrected chi connectivity index (χ4v) is 3.10. The largest absolute Gasteiger partial charge is 0.496 e. The number of hydrogen-bond donors (Lipinski definition) is 2.